The summed E-state index contributed by atoms with van der Waals surface area (Å²) in [6.45, 7) is 9.86. The molecule has 0 radical (unpaired) electrons. The van der Waals surface area contributed by atoms with E-state index in [1.165, 1.54) is 145 Å². The SMILES string of the molecule is CCCCCCCCCCN(CCCCCCCCCC)CC(O)c1ccc2c3c(cc(C)c2c1)CCCC3. The van der Waals surface area contributed by atoms with E-state index in [0.29, 0.717) is 0 Å². The van der Waals surface area contributed by atoms with Crippen molar-refractivity contribution in [1.29, 1.82) is 0 Å². The third kappa shape index (κ3) is 11.2. The van der Waals surface area contributed by atoms with Gasteiger partial charge in [-0.25, -0.2) is 0 Å². The maximum Gasteiger partial charge on any atom is 0.0917 e. The van der Waals surface area contributed by atoms with Crippen LogP contribution in [0.25, 0.3) is 10.8 Å². The first-order valence-electron chi connectivity index (χ1n) is 17.1. The molecule has 1 aliphatic carbocycles. The van der Waals surface area contributed by atoms with Gasteiger partial charge in [-0.05, 0) is 97.6 Å². The van der Waals surface area contributed by atoms with Crippen LogP contribution in [0.2, 0.25) is 0 Å². The Labute approximate surface area is 242 Å². The smallest absolute Gasteiger partial charge is 0.0917 e. The van der Waals surface area contributed by atoms with E-state index in [1.807, 2.05) is 0 Å². The number of nitrogens with zero attached hydrogens (tertiary/aromatic N) is 1. The molecule has 0 saturated carbocycles. The summed E-state index contributed by atoms with van der Waals surface area (Å²) >= 11 is 0. The van der Waals surface area contributed by atoms with Gasteiger partial charge in [0, 0.05) is 6.54 Å². The van der Waals surface area contributed by atoms with Gasteiger partial charge in [0.1, 0.15) is 0 Å². The van der Waals surface area contributed by atoms with Gasteiger partial charge in [0.25, 0.3) is 0 Å². The first-order valence-corrected chi connectivity index (χ1v) is 17.1. The van der Waals surface area contributed by atoms with Crippen molar-refractivity contribution >= 4 is 10.8 Å². The Morgan fingerprint density at radius 3 is 1.79 bits per heavy atom. The highest BCUT2D eigenvalue weighted by Gasteiger charge is 2.18. The number of hydrogen-bond donors (Lipinski definition) is 1. The van der Waals surface area contributed by atoms with Crippen LogP contribution < -0.4 is 0 Å². The van der Waals surface area contributed by atoms with Crippen molar-refractivity contribution in [3.8, 4) is 0 Å². The number of aryl methyl sites for hydroxylation is 3. The van der Waals surface area contributed by atoms with Gasteiger partial charge in [0.05, 0.1) is 6.10 Å². The maximum absolute atomic E-state index is 11.4. The third-order valence-electron chi connectivity index (χ3n) is 9.17. The summed E-state index contributed by atoms with van der Waals surface area (Å²) in [6.07, 6.45) is 26.4. The predicted molar refractivity (Wildman–Crippen MR) is 172 cm³/mol. The van der Waals surface area contributed by atoms with E-state index in [9.17, 15) is 5.11 Å². The number of fused-ring (bicyclic) bond motifs is 3. The van der Waals surface area contributed by atoms with E-state index in [1.54, 1.807) is 11.1 Å². The Bertz CT molecular complexity index is 915. The Balaban J connectivity index is 1.54. The van der Waals surface area contributed by atoms with Crippen molar-refractivity contribution in [3.05, 3.63) is 46.5 Å². The van der Waals surface area contributed by atoms with Crippen LogP contribution in [0.4, 0.5) is 0 Å². The first-order chi connectivity index (χ1) is 19.1. The lowest BCUT2D eigenvalue weighted by Crippen LogP contribution is -2.31. The molecule has 0 spiro atoms. The lowest BCUT2D eigenvalue weighted by molar-refractivity contribution is 0.110. The summed E-state index contributed by atoms with van der Waals surface area (Å²) in [5.41, 5.74) is 5.59. The molecule has 3 rings (SSSR count). The summed E-state index contributed by atoms with van der Waals surface area (Å²) in [5, 5.41) is 14.2. The van der Waals surface area contributed by atoms with Crippen LogP contribution in [0.5, 0.6) is 0 Å². The molecule has 0 saturated heterocycles. The molecule has 2 aromatic carbocycles. The molecule has 1 aliphatic rings. The van der Waals surface area contributed by atoms with Crippen LogP contribution in [0.15, 0.2) is 24.3 Å². The zero-order chi connectivity index (χ0) is 27.7. The van der Waals surface area contributed by atoms with Crippen LogP contribution in [-0.2, 0) is 12.8 Å². The normalized spacial score (nSPS) is 14.3. The quantitative estimate of drug-likeness (QED) is 0.161. The molecular formula is C37H61NO. The maximum atomic E-state index is 11.4. The first kappa shape index (κ1) is 32.1. The fraction of sp³-hybridized carbons (Fsp3) is 0.730. The van der Waals surface area contributed by atoms with Crippen molar-refractivity contribution < 1.29 is 5.11 Å². The summed E-state index contributed by atoms with van der Waals surface area (Å²) in [5.74, 6) is 0. The molecule has 1 N–H and O–H groups in total. The molecule has 39 heavy (non-hydrogen) atoms. The highest BCUT2D eigenvalue weighted by molar-refractivity contribution is 5.90. The second-order valence-electron chi connectivity index (χ2n) is 12.6. The number of hydrogen-bond acceptors (Lipinski definition) is 2. The molecule has 0 bridgehead atoms. The number of rotatable bonds is 21. The summed E-state index contributed by atoms with van der Waals surface area (Å²) < 4.78 is 0. The van der Waals surface area contributed by atoms with Gasteiger partial charge in [0.2, 0.25) is 0 Å². The Kier molecular flexibility index (Phi) is 15.6. The van der Waals surface area contributed by atoms with Crippen molar-refractivity contribution in [2.45, 2.75) is 155 Å². The van der Waals surface area contributed by atoms with Crippen LogP contribution in [0, 0.1) is 6.92 Å². The molecule has 2 nitrogen and oxygen atoms in total. The number of benzene rings is 2. The largest absolute Gasteiger partial charge is 0.387 e. The highest BCUT2D eigenvalue weighted by Crippen LogP contribution is 2.33. The number of unbranched alkanes of at least 4 members (excludes halogenated alkanes) is 14. The van der Waals surface area contributed by atoms with Crippen LogP contribution >= 0.6 is 0 Å². The Morgan fingerprint density at radius 2 is 1.21 bits per heavy atom. The van der Waals surface area contributed by atoms with Crippen molar-refractivity contribution in [2.75, 3.05) is 19.6 Å². The number of aliphatic hydroxyl groups excluding tert-OH is 1. The standard InChI is InChI=1S/C37H61NO/c1-4-6-8-10-12-14-16-20-26-38(27-21-17-15-13-11-9-7-5-2)30-37(39)33-24-25-35-34-23-19-18-22-32(34)28-31(3)36(35)29-33/h24-25,28-29,37,39H,4-23,26-27,30H2,1-3H3. The van der Waals surface area contributed by atoms with Crippen molar-refractivity contribution in [1.82, 2.24) is 4.90 Å². The highest BCUT2D eigenvalue weighted by atomic mass is 16.3. The molecular weight excluding hydrogens is 474 g/mol. The van der Waals surface area contributed by atoms with Gasteiger partial charge < -0.3 is 10.0 Å². The molecule has 0 amide bonds. The third-order valence-corrected chi connectivity index (χ3v) is 9.17. The molecule has 220 valence electrons. The second-order valence-corrected chi connectivity index (χ2v) is 12.6. The van der Waals surface area contributed by atoms with E-state index in [-0.39, 0.29) is 0 Å². The van der Waals surface area contributed by atoms with E-state index < -0.39 is 6.10 Å². The second kappa shape index (κ2) is 18.9. The fourth-order valence-corrected chi connectivity index (χ4v) is 6.68. The molecule has 0 aromatic heterocycles. The summed E-state index contributed by atoms with van der Waals surface area (Å²) in [4.78, 5) is 2.57. The summed E-state index contributed by atoms with van der Waals surface area (Å²) in [7, 11) is 0. The number of aliphatic hydroxyl groups is 1. The van der Waals surface area contributed by atoms with E-state index in [0.717, 1.165) is 25.2 Å². The van der Waals surface area contributed by atoms with Crippen molar-refractivity contribution in [3.63, 3.8) is 0 Å². The average Bonchev–Trinajstić information content (AvgIpc) is 2.95. The monoisotopic (exact) mass is 535 g/mol. The van der Waals surface area contributed by atoms with Crippen molar-refractivity contribution in [2.24, 2.45) is 0 Å². The van der Waals surface area contributed by atoms with Gasteiger partial charge >= 0.3 is 0 Å². The minimum absolute atomic E-state index is 0.409. The van der Waals surface area contributed by atoms with Gasteiger partial charge in [0.15, 0.2) is 0 Å². The van der Waals surface area contributed by atoms with Crippen LogP contribution in [0.3, 0.4) is 0 Å². The zero-order valence-corrected chi connectivity index (χ0v) is 26.0. The average molecular weight is 536 g/mol. The molecule has 0 aliphatic heterocycles. The predicted octanol–water partition coefficient (Wildman–Crippen LogP) is 10.6. The minimum atomic E-state index is -0.409. The lowest BCUT2D eigenvalue weighted by Gasteiger charge is -2.26. The minimum Gasteiger partial charge on any atom is -0.387 e. The van der Waals surface area contributed by atoms with Gasteiger partial charge in [-0.3, -0.25) is 0 Å². The lowest BCUT2D eigenvalue weighted by atomic mass is 9.85. The van der Waals surface area contributed by atoms with E-state index >= 15 is 0 Å². The molecule has 0 fully saturated rings. The Morgan fingerprint density at radius 1 is 0.667 bits per heavy atom. The van der Waals surface area contributed by atoms with Gasteiger partial charge in [-0.1, -0.05) is 122 Å². The molecule has 0 heterocycles. The molecule has 2 heteroatoms. The van der Waals surface area contributed by atoms with Crippen LogP contribution in [-0.4, -0.2) is 29.6 Å². The topological polar surface area (TPSA) is 23.5 Å². The van der Waals surface area contributed by atoms with Gasteiger partial charge in [-0.15, -0.1) is 0 Å². The molecule has 1 unspecified atom stereocenters. The van der Waals surface area contributed by atoms with E-state index in [4.69, 9.17) is 0 Å². The van der Waals surface area contributed by atoms with Gasteiger partial charge in [-0.2, -0.15) is 0 Å². The molecule has 1 atom stereocenters. The van der Waals surface area contributed by atoms with Crippen LogP contribution in [0.1, 0.15) is 158 Å². The molecule has 2 aromatic rings. The van der Waals surface area contributed by atoms with E-state index in [2.05, 4.69) is 49.9 Å². The Hall–Kier alpha value is -1.38. The fourth-order valence-electron chi connectivity index (χ4n) is 6.68. The summed E-state index contributed by atoms with van der Waals surface area (Å²) in [6, 6.07) is 9.25. The zero-order valence-electron chi connectivity index (χ0n) is 26.0.